The van der Waals surface area contributed by atoms with Gasteiger partial charge in [0.2, 0.25) is 0 Å². The van der Waals surface area contributed by atoms with Gasteiger partial charge in [0, 0.05) is 30.2 Å². The molecule has 0 aromatic heterocycles. The summed E-state index contributed by atoms with van der Waals surface area (Å²) in [4.78, 5) is 2.05. The molecule has 0 aliphatic heterocycles. The van der Waals surface area contributed by atoms with Crippen molar-refractivity contribution in [1.82, 2.24) is 10.2 Å². The number of aliphatic hydroxyl groups excluding tert-OH is 2. The van der Waals surface area contributed by atoms with E-state index in [1.54, 1.807) is 0 Å². The van der Waals surface area contributed by atoms with Crippen LogP contribution in [0.3, 0.4) is 0 Å². The van der Waals surface area contributed by atoms with E-state index in [0.717, 1.165) is 0 Å². The number of rotatable bonds is 6. The molecular formula is C17H42N2O2. The van der Waals surface area contributed by atoms with Gasteiger partial charge in [0.1, 0.15) is 0 Å². The smallest absolute Gasteiger partial charge is 0.0558 e. The van der Waals surface area contributed by atoms with Crippen molar-refractivity contribution in [2.45, 2.75) is 86.4 Å². The van der Waals surface area contributed by atoms with E-state index in [1.165, 1.54) is 6.42 Å². The Hall–Kier alpha value is -0.160. The van der Waals surface area contributed by atoms with Crippen LogP contribution in [0.25, 0.3) is 0 Å². The van der Waals surface area contributed by atoms with Crippen LogP contribution in [0.15, 0.2) is 0 Å². The molecule has 21 heavy (non-hydrogen) atoms. The molecular weight excluding hydrogens is 264 g/mol. The largest absolute Gasteiger partial charge is 0.395 e. The predicted molar refractivity (Wildman–Crippen MR) is 94.9 cm³/mol. The van der Waals surface area contributed by atoms with E-state index in [1.807, 2.05) is 4.90 Å². The first-order valence-electron chi connectivity index (χ1n) is 7.72. The molecule has 3 N–H and O–H groups in total. The van der Waals surface area contributed by atoms with Crippen molar-refractivity contribution in [3.8, 4) is 0 Å². The minimum absolute atomic E-state index is 0. The Morgan fingerprint density at radius 1 is 0.952 bits per heavy atom. The Morgan fingerprint density at radius 2 is 1.33 bits per heavy atom. The topological polar surface area (TPSA) is 55.7 Å². The fourth-order valence-corrected chi connectivity index (χ4v) is 1.87. The Morgan fingerprint density at radius 3 is 1.48 bits per heavy atom. The van der Waals surface area contributed by atoms with Gasteiger partial charge in [0.05, 0.1) is 13.2 Å². The second-order valence-electron chi connectivity index (χ2n) is 7.31. The van der Waals surface area contributed by atoms with Crippen molar-refractivity contribution in [1.29, 1.82) is 0 Å². The maximum absolute atomic E-state index is 8.70. The van der Waals surface area contributed by atoms with Crippen LogP contribution in [0, 0.1) is 0 Å². The van der Waals surface area contributed by atoms with E-state index in [-0.39, 0.29) is 31.7 Å². The van der Waals surface area contributed by atoms with Gasteiger partial charge in [-0.1, -0.05) is 14.4 Å². The molecule has 0 fully saturated rings. The average Bonchev–Trinajstić information content (AvgIpc) is 2.26. The minimum atomic E-state index is 0. The van der Waals surface area contributed by atoms with Crippen LogP contribution >= 0.6 is 0 Å². The monoisotopic (exact) mass is 306 g/mol. The molecule has 0 radical (unpaired) electrons. The van der Waals surface area contributed by atoms with Crippen molar-refractivity contribution in [3.63, 3.8) is 0 Å². The summed E-state index contributed by atoms with van der Waals surface area (Å²) in [5.41, 5.74) is 0.306. The van der Waals surface area contributed by atoms with E-state index < -0.39 is 0 Å². The lowest BCUT2D eigenvalue weighted by Crippen LogP contribution is -2.44. The van der Waals surface area contributed by atoms with Crippen LogP contribution in [-0.2, 0) is 0 Å². The van der Waals surface area contributed by atoms with Gasteiger partial charge >= 0.3 is 0 Å². The highest BCUT2D eigenvalue weighted by Gasteiger charge is 2.19. The number of hydrogen-bond donors (Lipinski definition) is 3. The van der Waals surface area contributed by atoms with E-state index in [0.29, 0.717) is 19.1 Å². The Balaban J connectivity index is -0.000000300. The molecule has 0 aromatic rings. The first-order chi connectivity index (χ1) is 8.97. The summed E-state index contributed by atoms with van der Waals surface area (Å²) in [7, 11) is 0. The number of β-amino-alcohol motifs (C(OH)–C–C–N with tert-alkyl or cyclic N) is 2. The lowest BCUT2D eigenvalue weighted by molar-refractivity contribution is 0.0841. The third-order valence-electron chi connectivity index (χ3n) is 2.98. The standard InChI is InChI=1S/C8H19NO2.C8H19N.CH4/c1-8(2,3)9(4-6-10)5-7-11;1-6-7(2)9-8(3,4)5;/h10-11H,4-7H2,1-3H3;7,9H,6H2,1-5H3;1H4. The van der Waals surface area contributed by atoms with Crippen LogP contribution in [0.2, 0.25) is 0 Å². The summed E-state index contributed by atoms with van der Waals surface area (Å²) in [6.07, 6.45) is 1.21. The lowest BCUT2D eigenvalue weighted by atomic mass is 10.1. The fraction of sp³-hybridized carbons (Fsp3) is 1.00. The highest BCUT2D eigenvalue weighted by atomic mass is 16.3. The Kier molecular flexibility index (Phi) is 15.2. The summed E-state index contributed by atoms with van der Waals surface area (Å²) in [5, 5.41) is 20.9. The van der Waals surface area contributed by atoms with Crippen LogP contribution < -0.4 is 5.32 Å². The normalized spacial score (nSPS) is 13.3. The third kappa shape index (κ3) is 17.8. The van der Waals surface area contributed by atoms with Crippen LogP contribution in [-0.4, -0.2) is 58.5 Å². The maximum atomic E-state index is 8.70. The molecule has 4 nitrogen and oxygen atoms in total. The number of hydrogen-bond acceptors (Lipinski definition) is 4. The molecule has 0 spiro atoms. The second-order valence-corrected chi connectivity index (χ2v) is 7.31. The van der Waals surface area contributed by atoms with Crippen LogP contribution in [0.5, 0.6) is 0 Å². The SMILES string of the molecule is C.CC(C)(C)N(CCO)CCO.CCC(C)NC(C)(C)C. The van der Waals surface area contributed by atoms with Crippen molar-refractivity contribution in [2.75, 3.05) is 26.3 Å². The zero-order valence-corrected chi connectivity index (χ0v) is 15.0. The molecule has 0 saturated carbocycles. The molecule has 0 bridgehead atoms. The lowest BCUT2D eigenvalue weighted by Gasteiger charge is -2.34. The molecule has 0 aromatic carbocycles. The molecule has 1 unspecified atom stereocenters. The first-order valence-corrected chi connectivity index (χ1v) is 7.72. The molecule has 0 aliphatic rings. The molecule has 0 saturated heterocycles. The van der Waals surface area contributed by atoms with Crippen molar-refractivity contribution >= 4 is 0 Å². The van der Waals surface area contributed by atoms with Gasteiger partial charge < -0.3 is 15.5 Å². The summed E-state index contributed by atoms with van der Waals surface area (Å²) in [6.45, 7) is 18.8. The number of aliphatic hydroxyl groups is 2. The predicted octanol–water partition coefficient (Wildman–Crippen LogP) is 2.88. The molecule has 0 aliphatic carbocycles. The zero-order valence-electron chi connectivity index (χ0n) is 15.0. The maximum Gasteiger partial charge on any atom is 0.0558 e. The minimum Gasteiger partial charge on any atom is -0.395 e. The molecule has 0 rings (SSSR count). The highest BCUT2D eigenvalue weighted by Crippen LogP contribution is 2.11. The molecule has 0 amide bonds. The van der Waals surface area contributed by atoms with E-state index >= 15 is 0 Å². The van der Waals surface area contributed by atoms with Gasteiger partial charge in [-0.2, -0.15) is 0 Å². The van der Waals surface area contributed by atoms with Crippen molar-refractivity contribution in [2.24, 2.45) is 0 Å². The van der Waals surface area contributed by atoms with Gasteiger partial charge in [-0.25, -0.2) is 0 Å². The van der Waals surface area contributed by atoms with Crippen molar-refractivity contribution < 1.29 is 10.2 Å². The third-order valence-corrected chi connectivity index (χ3v) is 2.98. The molecule has 132 valence electrons. The summed E-state index contributed by atoms with van der Waals surface area (Å²) in [6, 6.07) is 0.644. The summed E-state index contributed by atoms with van der Waals surface area (Å²) in [5.74, 6) is 0. The molecule has 4 heteroatoms. The van der Waals surface area contributed by atoms with Crippen molar-refractivity contribution in [3.05, 3.63) is 0 Å². The summed E-state index contributed by atoms with van der Waals surface area (Å²) < 4.78 is 0. The average molecular weight is 307 g/mol. The fourth-order valence-electron chi connectivity index (χ4n) is 1.87. The number of nitrogens with one attached hydrogen (secondary N) is 1. The van der Waals surface area contributed by atoms with E-state index in [2.05, 4.69) is 60.7 Å². The molecule has 0 heterocycles. The van der Waals surface area contributed by atoms with Gasteiger partial charge in [-0.3, -0.25) is 4.90 Å². The number of nitrogens with zero attached hydrogens (tertiary/aromatic N) is 1. The van der Waals surface area contributed by atoms with E-state index in [4.69, 9.17) is 10.2 Å². The van der Waals surface area contributed by atoms with E-state index in [9.17, 15) is 0 Å². The zero-order chi connectivity index (χ0) is 16.4. The van der Waals surface area contributed by atoms with Gasteiger partial charge in [-0.05, 0) is 54.9 Å². The second kappa shape index (κ2) is 12.4. The Bertz CT molecular complexity index is 214. The van der Waals surface area contributed by atoms with Gasteiger partial charge in [0.15, 0.2) is 0 Å². The highest BCUT2D eigenvalue weighted by molar-refractivity contribution is 4.75. The van der Waals surface area contributed by atoms with Crippen LogP contribution in [0.4, 0.5) is 0 Å². The molecule has 1 atom stereocenters. The Labute approximate surface area is 133 Å². The quantitative estimate of drug-likeness (QED) is 0.706. The summed E-state index contributed by atoms with van der Waals surface area (Å²) >= 11 is 0. The van der Waals surface area contributed by atoms with Gasteiger partial charge in [0.25, 0.3) is 0 Å². The first kappa shape index (κ1) is 25.8. The van der Waals surface area contributed by atoms with Gasteiger partial charge in [-0.15, -0.1) is 0 Å². The van der Waals surface area contributed by atoms with Crippen LogP contribution in [0.1, 0.15) is 69.2 Å².